The molecule has 3 aromatic heterocycles. The van der Waals surface area contributed by atoms with Crippen LogP contribution in [0.5, 0.6) is 0 Å². The summed E-state index contributed by atoms with van der Waals surface area (Å²) in [4.78, 5) is 4.30. The maximum absolute atomic E-state index is 12.7. The molecule has 11 heteroatoms. The Kier molecular flexibility index (Phi) is 4.34. The minimum absolute atomic E-state index is 0.0785. The van der Waals surface area contributed by atoms with Crippen LogP contribution in [0.25, 0.3) is 5.69 Å². The Hall–Kier alpha value is -3.60. The molecule has 0 bridgehead atoms. The number of hydrogen-bond acceptors (Lipinski definition) is 7. The molecule has 0 saturated heterocycles. The molecule has 4 aromatic rings. The van der Waals surface area contributed by atoms with Crippen LogP contribution >= 0.6 is 0 Å². The van der Waals surface area contributed by atoms with Crippen LogP contribution in [0.15, 0.2) is 72.1 Å². The number of tetrazole rings is 1. The average molecular weight is 382 g/mol. The topological polar surface area (TPSA) is 120 Å². The van der Waals surface area contributed by atoms with Crippen molar-refractivity contribution in [1.82, 2.24) is 35.0 Å². The molecule has 0 aliphatic heterocycles. The molecule has 0 radical (unpaired) electrons. The largest absolute Gasteiger partial charge is 0.265 e. The van der Waals surface area contributed by atoms with Gasteiger partial charge in [0.1, 0.15) is 6.33 Å². The Morgan fingerprint density at radius 1 is 1.07 bits per heavy atom. The van der Waals surface area contributed by atoms with Crippen LogP contribution in [0.2, 0.25) is 0 Å². The maximum Gasteiger partial charge on any atom is 0.263 e. The first-order valence-corrected chi connectivity index (χ1v) is 9.38. The third kappa shape index (κ3) is 3.82. The summed E-state index contributed by atoms with van der Waals surface area (Å²) in [5.41, 5.74) is 1.35. The highest BCUT2D eigenvalue weighted by atomic mass is 32.2. The third-order valence-electron chi connectivity index (χ3n) is 3.67. The van der Waals surface area contributed by atoms with Gasteiger partial charge in [-0.15, -0.1) is 5.10 Å². The van der Waals surface area contributed by atoms with Gasteiger partial charge in [0.2, 0.25) is 0 Å². The van der Waals surface area contributed by atoms with Gasteiger partial charge < -0.3 is 0 Å². The summed E-state index contributed by atoms with van der Waals surface area (Å²) in [6, 6.07) is 13.5. The summed E-state index contributed by atoms with van der Waals surface area (Å²) >= 11 is 0. The smallest absolute Gasteiger partial charge is 0.263 e. The van der Waals surface area contributed by atoms with E-state index in [-0.39, 0.29) is 10.7 Å². The normalized spacial score (nSPS) is 11.4. The van der Waals surface area contributed by atoms with Gasteiger partial charge in [-0.25, -0.2) is 13.1 Å². The van der Waals surface area contributed by atoms with Crippen molar-refractivity contribution in [3.05, 3.63) is 72.9 Å². The lowest BCUT2D eigenvalue weighted by Crippen LogP contribution is -2.14. The van der Waals surface area contributed by atoms with E-state index in [9.17, 15) is 8.42 Å². The van der Waals surface area contributed by atoms with E-state index in [2.05, 4.69) is 30.3 Å². The second kappa shape index (κ2) is 6.96. The molecule has 1 aromatic carbocycles. The minimum atomic E-state index is -3.81. The van der Waals surface area contributed by atoms with Gasteiger partial charge >= 0.3 is 0 Å². The lowest BCUT2D eigenvalue weighted by atomic mass is 10.3. The fourth-order valence-corrected chi connectivity index (χ4v) is 3.47. The fraction of sp³-hybridized carbons (Fsp3) is 0.0625. The molecule has 10 nitrogen and oxygen atoms in total. The summed E-state index contributed by atoms with van der Waals surface area (Å²) in [6.45, 7) is 0.442. The molecule has 27 heavy (non-hydrogen) atoms. The molecule has 1 N–H and O–H groups in total. The summed E-state index contributed by atoms with van der Waals surface area (Å²) in [5.74, 6) is 0.221. The number of sulfonamides is 1. The van der Waals surface area contributed by atoms with Gasteiger partial charge in [-0.1, -0.05) is 12.1 Å². The van der Waals surface area contributed by atoms with E-state index < -0.39 is 10.0 Å². The second-order valence-corrected chi connectivity index (χ2v) is 7.26. The number of rotatable bonds is 6. The first-order valence-electron chi connectivity index (χ1n) is 7.90. The predicted octanol–water partition coefficient (Wildman–Crippen LogP) is 1.10. The zero-order valence-corrected chi connectivity index (χ0v) is 14.7. The minimum Gasteiger partial charge on any atom is -0.265 e. The van der Waals surface area contributed by atoms with Gasteiger partial charge in [0, 0.05) is 18.5 Å². The number of nitrogens with zero attached hydrogens (tertiary/aromatic N) is 7. The van der Waals surface area contributed by atoms with Crippen LogP contribution in [0.1, 0.15) is 5.69 Å². The van der Waals surface area contributed by atoms with E-state index in [1.807, 2.05) is 18.2 Å². The second-order valence-electron chi connectivity index (χ2n) is 5.58. The van der Waals surface area contributed by atoms with Crippen molar-refractivity contribution in [3.8, 4) is 5.69 Å². The molecule has 0 aliphatic carbocycles. The SMILES string of the molecule is O=S(=O)(Nc1ccn(Cc2ccccn2)n1)c1cccc(-n2cnnn2)c1. The molecule has 0 fully saturated rings. The van der Waals surface area contributed by atoms with Gasteiger partial charge in [0.05, 0.1) is 22.8 Å². The summed E-state index contributed by atoms with van der Waals surface area (Å²) in [5, 5.41) is 15.1. The van der Waals surface area contributed by atoms with Crippen LogP contribution < -0.4 is 4.72 Å². The van der Waals surface area contributed by atoms with Crippen LogP contribution in [0, 0.1) is 0 Å². The Bertz CT molecular complexity index is 1140. The van der Waals surface area contributed by atoms with Crippen molar-refractivity contribution in [2.45, 2.75) is 11.4 Å². The number of pyridine rings is 1. The zero-order valence-electron chi connectivity index (χ0n) is 13.9. The van der Waals surface area contributed by atoms with E-state index >= 15 is 0 Å². The van der Waals surface area contributed by atoms with Crippen LogP contribution in [-0.2, 0) is 16.6 Å². The Morgan fingerprint density at radius 3 is 2.78 bits per heavy atom. The molecular formula is C16H14N8O2S. The zero-order chi connectivity index (χ0) is 18.7. The quantitative estimate of drug-likeness (QED) is 0.530. The molecule has 0 saturated carbocycles. The number of aromatic nitrogens is 7. The standard InChI is InChI=1S/C16H14N8O2S/c25-27(26,15-6-3-5-14(10-15)24-12-18-21-22-24)20-16-7-9-23(19-16)11-13-4-1-2-8-17-13/h1-10,12H,11H2,(H,19,20). The molecule has 4 rings (SSSR count). The summed E-state index contributed by atoms with van der Waals surface area (Å²) in [7, 11) is -3.81. The van der Waals surface area contributed by atoms with Gasteiger partial charge in [-0.3, -0.25) is 14.4 Å². The first kappa shape index (κ1) is 16.8. The molecular weight excluding hydrogens is 368 g/mol. The van der Waals surface area contributed by atoms with Crippen molar-refractivity contribution in [2.75, 3.05) is 4.72 Å². The van der Waals surface area contributed by atoms with Crippen LogP contribution in [0.3, 0.4) is 0 Å². The molecule has 0 aliphatic rings. The Labute approximate surface area is 154 Å². The van der Waals surface area contributed by atoms with Crippen molar-refractivity contribution in [3.63, 3.8) is 0 Å². The summed E-state index contributed by atoms with van der Waals surface area (Å²) in [6.07, 6.45) is 4.77. The first-order chi connectivity index (χ1) is 13.1. The van der Waals surface area contributed by atoms with Crippen LogP contribution in [-0.4, -0.2) is 43.4 Å². The van der Waals surface area contributed by atoms with Gasteiger partial charge in [-0.05, 0) is 40.8 Å². The number of anilines is 1. The van der Waals surface area contributed by atoms with E-state index in [0.717, 1.165) is 5.69 Å². The van der Waals surface area contributed by atoms with E-state index in [4.69, 9.17) is 0 Å². The third-order valence-corrected chi connectivity index (χ3v) is 5.02. The molecule has 0 spiro atoms. The maximum atomic E-state index is 12.7. The average Bonchev–Trinajstić information content (AvgIpc) is 3.35. The van der Waals surface area contributed by atoms with Crippen LogP contribution in [0.4, 0.5) is 5.82 Å². The summed E-state index contributed by atoms with van der Waals surface area (Å²) < 4.78 is 30.8. The fourth-order valence-electron chi connectivity index (χ4n) is 2.43. The number of nitrogens with one attached hydrogen (secondary N) is 1. The van der Waals surface area contributed by atoms with Crippen molar-refractivity contribution >= 4 is 15.8 Å². The predicted molar refractivity (Wildman–Crippen MR) is 95.5 cm³/mol. The van der Waals surface area contributed by atoms with Gasteiger partial charge in [0.15, 0.2) is 5.82 Å². The highest BCUT2D eigenvalue weighted by molar-refractivity contribution is 7.92. The monoisotopic (exact) mass is 382 g/mol. The number of hydrogen-bond donors (Lipinski definition) is 1. The van der Waals surface area contributed by atoms with Crippen molar-refractivity contribution in [1.29, 1.82) is 0 Å². The van der Waals surface area contributed by atoms with E-state index in [0.29, 0.717) is 12.2 Å². The highest BCUT2D eigenvalue weighted by Crippen LogP contribution is 2.17. The van der Waals surface area contributed by atoms with Crippen molar-refractivity contribution in [2.24, 2.45) is 0 Å². The van der Waals surface area contributed by atoms with Crippen molar-refractivity contribution < 1.29 is 8.42 Å². The van der Waals surface area contributed by atoms with Gasteiger partial charge in [0.25, 0.3) is 10.0 Å². The lowest BCUT2D eigenvalue weighted by Gasteiger charge is -2.07. The Morgan fingerprint density at radius 2 is 2.00 bits per heavy atom. The highest BCUT2D eigenvalue weighted by Gasteiger charge is 2.17. The molecule has 136 valence electrons. The number of benzene rings is 1. The Balaban J connectivity index is 1.53. The lowest BCUT2D eigenvalue weighted by molar-refractivity contribution is 0.600. The molecule has 0 atom stereocenters. The van der Waals surface area contributed by atoms with E-state index in [1.54, 1.807) is 35.3 Å². The molecule has 0 amide bonds. The molecule has 3 heterocycles. The van der Waals surface area contributed by atoms with E-state index in [1.165, 1.54) is 23.1 Å². The van der Waals surface area contributed by atoms with Gasteiger partial charge in [-0.2, -0.15) is 5.10 Å². The molecule has 0 unspecified atom stereocenters.